The Balaban J connectivity index is 1.50. The van der Waals surface area contributed by atoms with Crippen molar-refractivity contribution in [2.24, 2.45) is 11.3 Å². The second-order valence-corrected chi connectivity index (χ2v) is 7.37. The Morgan fingerprint density at radius 3 is 2.96 bits per heavy atom. The lowest BCUT2D eigenvalue weighted by Crippen LogP contribution is -2.64. The SMILES string of the molecule is O=C(NCCO)c1cccc(NC2C3CCOC3C23CCCC3)c1. The fraction of sp³-hybridized carbons (Fsp3) is 0.632. The van der Waals surface area contributed by atoms with E-state index in [0.29, 0.717) is 29.0 Å². The molecule has 1 aromatic carbocycles. The molecule has 0 radical (unpaired) electrons. The summed E-state index contributed by atoms with van der Waals surface area (Å²) in [5, 5.41) is 15.3. The van der Waals surface area contributed by atoms with E-state index in [1.165, 1.54) is 25.7 Å². The van der Waals surface area contributed by atoms with Crippen molar-refractivity contribution in [1.29, 1.82) is 0 Å². The molecule has 3 aliphatic rings. The molecule has 1 heterocycles. The molecule has 4 rings (SSSR count). The summed E-state index contributed by atoms with van der Waals surface area (Å²) in [7, 11) is 0. The van der Waals surface area contributed by atoms with Crippen molar-refractivity contribution < 1.29 is 14.6 Å². The van der Waals surface area contributed by atoms with Crippen molar-refractivity contribution >= 4 is 11.6 Å². The highest BCUT2D eigenvalue weighted by molar-refractivity contribution is 5.95. The van der Waals surface area contributed by atoms with Gasteiger partial charge in [-0.2, -0.15) is 0 Å². The Hall–Kier alpha value is -1.59. The second kappa shape index (κ2) is 6.37. The van der Waals surface area contributed by atoms with E-state index in [4.69, 9.17) is 9.84 Å². The number of hydrogen-bond acceptors (Lipinski definition) is 4. The highest BCUT2D eigenvalue weighted by Crippen LogP contribution is 2.61. The van der Waals surface area contributed by atoms with Crippen LogP contribution in [0.25, 0.3) is 0 Å². The van der Waals surface area contributed by atoms with E-state index in [9.17, 15) is 4.79 Å². The Kier molecular flexibility index (Phi) is 4.22. The largest absolute Gasteiger partial charge is 0.395 e. The predicted octanol–water partition coefficient (Wildman–Crippen LogP) is 2.17. The first-order valence-corrected chi connectivity index (χ1v) is 9.12. The number of rotatable bonds is 5. The van der Waals surface area contributed by atoms with Crippen LogP contribution in [0.2, 0.25) is 0 Å². The van der Waals surface area contributed by atoms with Crippen LogP contribution in [0, 0.1) is 11.3 Å². The summed E-state index contributed by atoms with van der Waals surface area (Å²) >= 11 is 0. The van der Waals surface area contributed by atoms with Crippen LogP contribution >= 0.6 is 0 Å². The van der Waals surface area contributed by atoms with Gasteiger partial charge >= 0.3 is 0 Å². The van der Waals surface area contributed by atoms with Crippen molar-refractivity contribution in [2.75, 3.05) is 25.1 Å². The molecule has 0 aromatic heterocycles. The molecule has 130 valence electrons. The average Bonchev–Trinajstić information content (AvgIpc) is 3.26. The van der Waals surface area contributed by atoms with Crippen LogP contribution in [0.15, 0.2) is 24.3 Å². The van der Waals surface area contributed by atoms with Gasteiger partial charge in [-0.05, 0) is 37.5 Å². The predicted molar refractivity (Wildman–Crippen MR) is 92.0 cm³/mol. The fourth-order valence-corrected chi connectivity index (χ4v) is 5.11. The van der Waals surface area contributed by atoms with Gasteiger partial charge in [0.1, 0.15) is 0 Å². The van der Waals surface area contributed by atoms with E-state index >= 15 is 0 Å². The van der Waals surface area contributed by atoms with Crippen LogP contribution in [0.5, 0.6) is 0 Å². The molecule has 2 aliphatic carbocycles. The van der Waals surface area contributed by atoms with E-state index in [1.54, 1.807) is 0 Å². The molecular weight excluding hydrogens is 304 g/mol. The Morgan fingerprint density at radius 1 is 1.33 bits per heavy atom. The summed E-state index contributed by atoms with van der Waals surface area (Å²) in [5.41, 5.74) is 1.94. The molecular formula is C19H26N2O3. The van der Waals surface area contributed by atoms with Gasteiger partial charge in [-0.15, -0.1) is 0 Å². The van der Waals surface area contributed by atoms with E-state index in [1.807, 2.05) is 24.3 Å². The van der Waals surface area contributed by atoms with E-state index < -0.39 is 0 Å². The Bertz CT molecular complexity index is 612. The zero-order valence-electron chi connectivity index (χ0n) is 14.0. The van der Waals surface area contributed by atoms with Crippen molar-refractivity contribution in [3.8, 4) is 0 Å². The highest BCUT2D eigenvalue weighted by atomic mass is 16.5. The lowest BCUT2D eigenvalue weighted by atomic mass is 9.54. The number of fused-ring (bicyclic) bond motifs is 2. The van der Waals surface area contributed by atoms with Crippen molar-refractivity contribution in [1.82, 2.24) is 5.32 Å². The Morgan fingerprint density at radius 2 is 2.17 bits per heavy atom. The molecule has 1 spiro atoms. The van der Waals surface area contributed by atoms with Crippen molar-refractivity contribution in [3.05, 3.63) is 29.8 Å². The normalized spacial score (nSPS) is 30.0. The molecule has 1 saturated heterocycles. The number of carbonyl (C=O) groups is 1. The van der Waals surface area contributed by atoms with E-state index in [0.717, 1.165) is 18.7 Å². The minimum Gasteiger partial charge on any atom is -0.395 e. The number of carbonyl (C=O) groups excluding carboxylic acids is 1. The van der Waals surface area contributed by atoms with Gasteiger partial charge in [0, 0.05) is 41.8 Å². The summed E-state index contributed by atoms with van der Waals surface area (Å²) in [6, 6.07) is 8.14. The summed E-state index contributed by atoms with van der Waals surface area (Å²) in [6.45, 7) is 1.12. The molecule has 1 aliphatic heterocycles. The fourth-order valence-electron chi connectivity index (χ4n) is 5.11. The first-order valence-electron chi connectivity index (χ1n) is 9.12. The van der Waals surface area contributed by atoms with Gasteiger partial charge in [-0.3, -0.25) is 4.79 Å². The molecule has 5 nitrogen and oxygen atoms in total. The van der Waals surface area contributed by atoms with Gasteiger partial charge in [0.05, 0.1) is 12.7 Å². The first kappa shape index (κ1) is 15.9. The van der Waals surface area contributed by atoms with Crippen LogP contribution in [0.1, 0.15) is 42.5 Å². The number of anilines is 1. The molecule has 3 unspecified atom stereocenters. The molecule has 1 amide bonds. The van der Waals surface area contributed by atoms with Crippen LogP contribution < -0.4 is 10.6 Å². The van der Waals surface area contributed by atoms with Crippen LogP contribution in [0.4, 0.5) is 5.69 Å². The van der Waals surface area contributed by atoms with Gasteiger partial charge in [-0.1, -0.05) is 18.9 Å². The maximum Gasteiger partial charge on any atom is 0.251 e. The first-order chi connectivity index (χ1) is 11.7. The third kappa shape index (κ3) is 2.50. The Labute approximate surface area is 142 Å². The van der Waals surface area contributed by atoms with E-state index in [2.05, 4.69) is 10.6 Å². The third-order valence-corrected chi connectivity index (χ3v) is 6.13. The standard InChI is InChI=1S/C19H26N2O3/c22-10-9-20-18(23)13-4-3-5-14(12-13)21-16-15-6-11-24-17(15)19(16)7-1-2-8-19/h3-5,12,15-17,21-22H,1-2,6-11H2,(H,20,23). The minimum atomic E-state index is -0.140. The number of nitrogens with one attached hydrogen (secondary N) is 2. The van der Waals surface area contributed by atoms with Gasteiger partial charge < -0.3 is 20.5 Å². The third-order valence-electron chi connectivity index (χ3n) is 6.13. The highest BCUT2D eigenvalue weighted by Gasteiger charge is 2.64. The summed E-state index contributed by atoms with van der Waals surface area (Å²) in [4.78, 5) is 12.1. The second-order valence-electron chi connectivity index (χ2n) is 7.37. The molecule has 3 N–H and O–H groups in total. The quantitative estimate of drug-likeness (QED) is 0.774. The zero-order valence-corrected chi connectivity index (χ0v) is 14.0. The number of aliphatic hydroxyl groups is 1. The summed E-state index contributed by atoms with van der Waals surface area (Å²) in [5.74, 6) is 0.467. The average molecular weight is 330 g/mol. The van der Waals surface area contributed by atoms with Gasteiger partial charge in [-0.25, -0.2) is 0 Å². The lowest BCUT2D eigenvalue weighted by molar-refractivity contribution is -0.111. The van der Waals surface area contributed by atoms with Gasteiger partial charge in [0.25, 0.3) is 5.91 Å². The molecule has 3 atom stereocenters. The number of aliphatic hydroxyl groups excluding tert-OH is 1. The lowest BCUT2D eigenvalue weighted by Gasteiger charge is -2.57. The molecule has 5 heteroatoms. The molecule has 24 heavy (non-hydrogen) atoms. The number of amides is 1. The smallest absolute Gasteiger partial charge is 0.251 e. The molecule has 3 fully saturated rings. The molecule has 0 bridgehead atoms. The van der Waals surface area contributed by atoms with Gasteiger partial charge in [0.2, 0.25) is 0 Å². The van der Waals surface area contributed by atoms with Gasteiger partial charge in [0.15, 0.2) is 0 Å². The maximum atomic E-state index is 12.1. The molecule has 1 aromatic rings. The zero-order chi connectivity index (χ0) is 16.6. The molecule has 2 saturated carbocycles. The van der Waals surface area contributed by atoms with E-state index in [-0.39, 0.29) is 19.1 Å². The number of benzene rings is 1. The van der Waals surface area contributed by atoms with Crippen LogP contribution in [0.3, 0.4) is 0 Å². The summed E-state index contributed by atoms with van der Waals surface area (Å²) < 4.78 is 6.04. The van der Waals surface area contributed by atoms with Crippen molar-refractivity contribution in [2.45, 2.75) is 44.2 Å². The minimum absolute atomic E-state index is 0.0443. The van der Waals surface area contributed by atoms with Crippen molar-refractivity contribution in [3.63, 3.8) is 0 Å². The number of hydrogen-bond donors (Lipinski definition) is 3. The maximum absolute atomic E-state index is 12.1. The monoisotopic (exact) mass is 330 g/mol. The summed E-state index contributed by atoms with van der Waals surface area (Å²) in [6.07, 6.45) is 6.68. The topological polar surface area (TPSA) is 70.6 Å². The van der Waals surface area contributed by atoms with Crippen LogP contribution in [-0.2, 0) is 4.74 Å². The van der Waals surface area contributed by atoms with Crippen LogP contribution in [-0.4, -0.2) is 42.9 Å². The number of ether oxygens (including phenoxy) is 1.